The summed E-state index contributed by atoms with van der Waals surface area (Å²) < 4.78 is 12.8. The van der Waals surface area contributed by atoms with Crippen LogP contribution in [0.1, 0.15) is 83.5 Å². The van der Waals surface area contributed by atoms with E-state index in [1.54, 1.807) is 0 Å². The van der Waals surface area contributed by atoms with Crippen LogP contribution in [0.4, 0.5) is 85.3 Å². The minimum Gasteiger partial charge on any atom is -0.458 e. The summed E-state index contributed by atoms with van der Waals surface area (Å²) >= 11 is 4.12. The third-order valence-corrected chi connectivity index (χ3v) is 27.7. The summed E-state index contributed by atoms with van der Waals surface area (Å²) in [5.74, 6) is 1.80. The maximum atomic E-state index is 7.51. The van der Waals surface area contributed by atoms with E-state index in [9.17, 15) is 0 Å². The van der Waals surface area contributed by atoms with Gasteiger partial charge in [0.1, 0.15) is 11.5 Å². The Morgan fingerprint density at radius 3 is 0.973 bits per heavy atom. The molecule has 15 aromatic rings. The van der Waals surface area contributed by atoms with Crippen LogP contribution in [0.2, 0.25) is 0 Å². The van der Waals surface area contributed by atoms with E-state index in [2.05, 4.69) is 388 Å². The molecular weight excluding hydrogens is 1400 g/mol. The molecule has 112 heavy (non-hydrogen) atoms. The number of hydrogen-bond acceptors (Lipinski definition) is 8. The molecule has 0 saturated carbocycles. The Morgan fingerprint density at radius 2 is 0.545 bits per heavy atom. The molecular formula is C101H84B3N5OS2. The largest absolute Gasteiger partial charge is 0.458 e. The molecule has 0 aliphatic carbocycles. The summed E-state index contributed by atoms with van der Waals surface area (Å²) in [6.45, 7) is 34.1. The second-order valence-electron chi connectivity index (χ2n) is 32.7. The van der Waals surface area contributed by atoms with E-state index in [1.807, 2.05) is 0 Å². The quantitative estimate of drug-likeness (QED) is 0.141. The molecule has 8 heterocycles. The van der Waals surface area contributed by atoms with Gasteiger partial charge in [0, 0.05) is 64.6 Å². The fraction of sp³-hybridized carbons (Fsp3) is 0.149. The Morgan fingerprint density at radius 1 is 0.232 bits per heavy atom. The van der Waals surface area contributed by atoms with Gasteiger partial charge in [-0.2, -0.15) is 22.7 Å². The van der Waals surface area contributed by atoms with Crippen LogP contribution in [-0.4, -0.2) is 20.1 Å². The summed E-state index contributed by atoms with van der Waals surface area (Å²) in [7, 11) is 0. The lowest BCUT2D eigenvalue weighted by Gasteiger charge is -2.46. The molecule has 11 heteroatoms. The van der Waals surface area contributed by atoms with Gasteiger partial charge in [-0.3, -0.25) is 0 Å². The van der Waals surface area contributed by atoms with E-state index in [0.29, 0.717) is 0 Å². The third kappa shape index (κ3) is 9.78. The van der Waals surface area contributed by atoms with Crippen molar-refractivity contribution >= 4 is 175 Å². The zero-order valence-corrected chi connectivity index (χ0v) is 67.8. The first kappa shape index (κ1) is 68.3. The van der Waals surface area contributed by atoms with Crippen molar-refractivity contribution in [2.24, 2.45) is 0 Å². The first-order valence-corrected chi connectivity index (χ1v) is 41.2. The number of hydrogen-bond donors (Lipinski definition) is 0. The zero-order chi connectivity index (χ0) is 76.5. The molecule has 0 atom stereocenters. The molecule has 21 rings (SSSR count). The molecule has 6 aliphatic rings. The summed E-state index contributed by atoms with van der Waals surface area (Å²) in [5, 5.41) is 0. The lowest BCUT2D eigenvalue weighted by Crippen LogP contribution is -2.60. The van der Waals surface area contributed by atoms with Crippen LogP contribution < -0.4 is 75.7 Å². The van der Waals surface area contributed by atoms with Crippen LogP contribution in [-0.2, 0) is 0 Å². The topological polar surface area (TPSA) is 25.4 Å². The van der Waals surface area contributed by atoms with Crippen LogP contribution in [0.25, 0.3) is 33.4 Å². The molecule has 2 aromatic heterocycles. The van der Waals surface area contributed by atoms with Gasteiger partial charge in [0.05, 0.1) is 39.8 Å². The molecule has 0 N–H and O–H groups in total. The van der Waals surface area contributed by atoms with E-state index >= 15 is 0 Å². The summed E-state index contributed by atoms with van der Waals surface area (Å²) in [4.78, 5) is 13.7. The highest BCUT2D eigenvalue weighted by Crippen LogP contribution is 2.60. The first-order chi connectivity index (χ1) is 54.3. The van der Waals surface area contributed by atoms with Gasteiger partial charge in [0.15, 0.2) is 0 Å². The standard InChI is InChI=1S/C101H84B3N5OS2/c1-55-43-64(10)91(65(11)44-55)107-80-51-71(86-60(6)31-27-32-61(86)7)52-81-89(80)104(100-95(107)94-98(111-100)102-75-39-22-24-41-77(75)105(73-35-18-16-19-36-73)78-49-70(85-58(4)29-26-30-59(85)5)50-79(88(78)102)106(94)74-37-20-17-21-38-74)101-97(108(81)92-66(12)45-56(2)46-67(92)13)96-99(112-101)103-76-40-23-25-42-83(76)110-84-54-72(87-62(8)33-28-34-63(87)9)53-82(90(84)103)109(96)93-68(14)47-57(3)48-69(93)15/h16-54H,1-15H3. The minimum atomic E-state index is -0.284. The Kier molecular flexibility index (Phi) is 15.3. The third-order valence-electron chi connectivity index (χ3n) is 25.1. The van der Waals surface area contributed by atoms with Gasteiger partial charge in [-0.05, 0) is 304 Å². The van der Waals surface area contributed by atoms with Crippen LogP contribution >= 0.6 is 22.7 Å². The number of fused-ring (bicyclic) bond motifs is 14. The van der Waals surface area contributed by atoms with Gasteiger partial charge in [-0.1, -0.05) is 180 Å². The van der Waals surface area contributed by atoms with Gasteiger partial charge >= 0.3 is 0 Å². The highest BCUT2D eigenvalue weighted by molar-refractivity contribution is 7.44. The van der Waals surface area contributed by atoms with Gasteiger partial charge < -0.3 is 29.2 Å². The van der Waals surface area contributed by atoms with Crippen molar-refractivity contribution in [1.82, 2.24) is 0 Å². The Balaban J connectivity index is 0.973. The fourth-order valence-electron chi connectivity index (χ4n) is 21.2. The van der Waals surface area contributed by atoms with E-state index < -0.39 is 0 Å². The molecule has 0 spiro atoms. The highest BCUT2D eigenvalue weighted by Gasteiger charge is 2.56. The molecule has 0 fully saturated rings. The number of aryl methyl sites for hydroxylation is 15. The normalized spacial score (nSPS) is 13.6. The smallest absolute Gasteiger partial charge is 0.277 e. The number of para-hydroxylation sites is 4. The molecule has 0 bridgehead atoms. The SMILES string of the molecule is Cc1cc(C)c(N2c3cc(-c4c(C)cccc4C)cc4c3B(c3sc5c(c32)N(c2ccccc2)c2cc(-c3c(C)cccc3C)cc3c2B5c2ccccc2N3c2ccccc2)c2sc3c(c2N4c2c(C)cc(C)cc2C)N(c2c(C)cc(C)cc2C)c2cc(-c4c(C)cccc4C)cc4c2B3c2ccccc2O4)c(C)c1. The molecule has 0 saturated heterocycles. The van der Waals surface area contributed by atoms with E-state index in [1.165, 1.54) is 226 Å². The predicted molar refractivity (Wildman–Crippen MR) is 483 cm³/mol. The van der Waals surface area contributed by atoms with Crippen molar-refractivity contribution in [3.8, 4) is 44.9 Å². The lowest BCUT2D eigenvalue weighted by atomic mass is 9.35. The number of rotatable bonds is 8. The number of thiophene rings is 2. The van der Waals surface area contributed by atoms with Gasteiger partial charge in [0.25, 0.3) is 20.1 Å². The van der Waals surface area contributed by atoms with Crippen molar-refractivity contribution in [1.29, 1.82) is 0 Å². The monoisotopic (exact) mass is 1480 g/mol. The maximum Gasteiger partial charge on any atom is 0.277 e. The summed E-state index contributed by atoms with van der Waals surface area (Å²) in [5.41, 5.74) is 49.9. The van der Waals surface area contributed by atoms with Crippen LogP contribution in [0.5, 0.6) is 11.5 Å². The second-order valence-corrected chi connectivity index (χ2v) is 34.9. The predicted octanol–water partition coefficient (Wildman–Crippen LogP) is 22.0. The molecule has 0 amide bonds. The van der Waals surface area contributed by atoms with E-state index in [4.69, 9.17) is 4.74 Å². The average molecular weight is 1480 g/mol. The zero-order valence-electron chi connectivity index (χ0n) is 66.2. The van der Waals surface area contributed by atoms with Gasteiger partial charge in [-0.15, -0.1) is 0 Å². The van der Waals surface area contributed by atoms with Crippen molar-refractivity contribution in [3.05, 3.63) is 320 Å². The second kappa shape index (κ2) is 25.1. The lowest BCUT2D eigenvalue weighted by molar-refractivity contribution is 0.488. The number of nitrogens with zero attached hydrogens (tertiary/aromatic N) is 5. The van der Waals surface area contributed by atoms with Crippen molar-refractivity contribution < 1.29 is 4.74 Å². The van der Waals surface area contributed by atoms with Crippen molar-refractivity contribution in [3.63, 3.8) is 0 Å². The molecule has 6 nitrogen and oxygen atoms in total. The fourth-order valence-corrected chi connectivity index (χ4v) is 24.3. The number of anilines is 15. The maximum absolute atomic E-state index is 7.51. The molecule has 6 aliphatic heterocycles. The average Bonchev–Trinajstić information content (AvgIpc) is 1.46. The number of ether oxygens (including phenoxy) is 1. The van der Waals surface area contributed by atoms with E-state index in [-0.39, 0.29) is 20.1 Å². The van der Waals surface area contributed by atoms with Crippen LogP contribution in [0.15, 0.2) is 237 Å². The van der Waals surface area contributed by atoms with Gasteiger partial charge in [0.2, 0.25) is 0 Å². The van der Waals surface area contributed by atoms with Crippen LogP contribution in [0, 0.1) is 104 Å². The highest BCUT2D eigenvalue weighted by atomic mass is 32.1. The first-order valence-electron chi connectivity index (χ1n) is 39.6. The Labute approximate surface area is 667 Å². The molecule has 0 radical (unpaired) electrons. The Bertz CT molecular complexity index is 6500. The van der Waals surface area contributed by atoms with Gasteiger partial charge in [-0.25, -0.2) is 0 Å². The molecule has 540 valence electrons. The summed E-state index contributed by atoms with van der Waals surface area (Å²) in [6.07, 6.45) is 0. The van der Waals surface area contributed by atoms with Crippen molar-refractivity contribution in [2.45, 2.75) is 104 Å². The molecule has 13 aromatic carbocycles. The molecule has 0 unspecified atom stereocenters. The number of benzene rings is 13. The minimum absolute atomic E-state index is 0.178. The van der Waals surface area contributed by atoms with Crippen LogP contribution in [0.3, 0.4) is 0 Å². The summed E-state index contributed by atoms with van der Waals surface area (Å²) in [6, 6.07) is 91.1. The van der Waals surface area contributed by atoms with E-state index in [0.717, 1.165) is 34.1 Å². The van der Waals surface area contributed by atoms with Crippen molar-refractivity contribution in [2.75, 3.05) is 24.5 Å². The Hall–Kier alpha value is -11.7.